The van der Waals surface area contributed by atoms with E-state index in [0.717, 1.165) is 13.1 Å². The fraction of sp³-hybridized carbons (Fsp3) is 0.300. The summed E-state index contributed by atoms with van der Waals surface area (Å²) in [5, 5.41) is 27.5. The molecule has 0 radical (unpaired) electrons. The van der Waals surface area contributed by atoms with Gasteiger partial charge in [-0.3, -0.25) is 9.98 Å². The average molecular weight is 492 g/mol. The second kappa shape index (κ2) is 13.0. The van der Waals surface area contributed by atoms with Crippen LogP contribution in [0.15, 0.2) is 34.3 Å². The predicted octanol–water partition coefficient (Wildman–Crippen LogP) is 4.43. The first-order valence-electron chi connectivity index (χ1n) is 9.15. The Morgan fingerprint density at radius 2 is 1.07 bits per heavy atom. The topological polar surface area (TPSA) is 89.2 Å². The number of halogens is 4. The van der Waals surface area contributed by atoms with E-state index in [1.165, 1.54) is 12.1 Å². The van der Waals surface area contributed by atoms with Crippen molar-refractivity contribution in [3.63, 3.8) is 0 Å². The Morgan fingerprint density at radius 1 is 0.667 bits per heavy atom. The lowest BCUT2D eigenvalue weighted by atomic mass is 10.2. The van der Waals surface area contributed by atoms with E-state index in [2.05, 4.69) is 20.6 Å². The molecule has 2 aromatic carbocycles. The van der Waals surface area contributed by atoms with Gasteiger partial charge in [-0.1, -0.05) is 46.4 Å². The highest BCUT2D eigenvalue weighted by Gasteiger charge is 2.06. The van der Waals surface area contributed by atoms with Crippen LogP contribution < -0.4 is 10.6 Å². The van der Waals surface area contributed by atoms with Gasteiger partial charge in [0.05, 0.1) is 23.1 Å². The van der Waals surface area contributed by atoms with Crippen molar-refractivity contribution in [1.82, 2.24) is 10.6 Å². The van der Waals surface area contributed by atoms with Crippen LogP contribution in [0.3, 0.4) is 0 Å². The first-order valence-corrected chi connectivity index (χ1v) is 10.7. The van der Waals surface area contributed by atoms with E-state index in [1.54, 1.807) is 24.6 Å². The first-order chi connectivity index (χ1) is 14.4. The predicted molar refractivity (Wildman–Crippen MR) is 127 cm³/mol. The Hall–Kier alpha value is -1.54. The van der Waals surface area contributed by atoms with Crippen LogP contribution in [0.4, 0.5) is 0 Å². The van der Waals surface area contributed by atoms with E-state index in [1.807, 2.05) is 0 Å². The molecule has 2 aromatic rings. The molecule has 4 N–H and O–H groups in total. The minimum Gasteiger partial charge on any atom is -0.506 e. The van der Waals surface area contributed by atoms with Gasteiger partial charge in [0.25, 0.3) is 0 Å². The molecule has 0 atom stereocenters. The maximum absolute atomic E-state index is 9.85. The van der Waals surface area contributed by atoms with E-state index >= 15 is 0 Å². The van der Waals surface area contributed by atoms with Gasteiger partial charge in [-0.05, 0) is 24.3 Å². The summed E-state index contributed by atoms with van der Waals surface area (Å²) in [6, 6.07) is 6.17. The highest BCUT2D eigenvalue weighted by Crippen LogP contribution is 2.30. The molecular formula is C20H22Cl4N4O2. The van der Waals surface area contributed by atoms with Crippen LogP contribution >= 0.6 is 46.4 Å². The number of aromatic hydroxyl groups is 2. The van der Waals surface area contributed by atoms with Crippen molar-refractivity contribution in [1.29, 1.82) is 0 Å². The third-order valence-corrected chi connectivity index (χ3v) is 4.90. The van der Waals surface area contributed by atoms with Crippen LogP contribution in [0.2, 0.25) is 20.1 Å². The summed E-state index contributed by atoms with van der Waals surface area (Å²) >= 11 is 23.6. The minimum absolute atomic E-state index is 0.0293. The van der Waals surface area contributed by atoms with Crippen molar-refractivity contribution in [2.24, 2.45) is 9.98 Å². The molecule has 0 saturated heterocycles. The smallest absolute Gasteiger partial charge is 0.143 e. The SMILES string of the molecule is Oc1c(Cl)cc(Cl)cc1C=NCCNCCNCCN=Cc1cc(Cl)cc(Cl)c1O. The fourth-order valence-corrected chi connectivity index (χ4v) is 3.43. The largest absolute Gasteiger partial charge is 0.506 e. The molecule has 0 fully saturated rings. The van der Waals surface area contributed by atoms with E-state index in [-0.39, 0.29) is 21.5 Å². The van der Waals surface area contributed by atoms with Crippen molar-refractivity contribution < 1.29 is 10.2 Å². The van der Waals surface area contributed by atoms with Crippen molar-refractivity contribution in [3.05, 3.63) is 55.5 Å². The lowest BCUT2D eigenvalue weighted by Crippen LogP contribution is -2.30. The number of benzene rings is 2. The lowest BCUT2D eigenvalue weighted by molar-refractivity contribution is 0.474. The van der Waals surface area contributed by atoms with Crippen LogP contribution in [0.1, 0.15) is 11.1 Å². The van der Waals surface area contributed by atoms with E-state index in [4.69, 9.17) is 46.4 Å². The second-order valence-corrected chi connectivity index (χ2v) is 7.91. The molecule has 0 amide bonds. The third kappa shape index (κ3) is 8.30. The molecule has 6 nitrogen and oxygen atoms in total. The zero-order valence-electron chi connectivity index (χ0n) is 16.0. The molecule has 0 bridgehead atoms. The quantitative estimate of drug-likeness (QED) is 0.276. The van der Waals surface area contributed by atoms with Crippen molar-refractivity contribution in [2.75, 3.05) is 39.3 Å². The molecule has 0 aliphatic heterocycles. The highest BCUT2D eigenvalue weighted by atomic mass is 35.5. The monoisotopic (exact) mass is 490 g/mol. The molecule has 162 valence electrons. The average Bonchev–Trinajstić information content (AvgIpc) is 2.69. The maximum Gasteiger partial charge on any atom is 0.143 e. The second-order valence-electron chi connectivity index (χ2n) is 6.22. The van der Waals surface area contributed by atoms with Gasteiger partial charge in [0.15, 0.2) is 0 Å². The zero-order valence-corrected chi connectivity index (χ0v) is 19.0. The van der Waals surface area contributed by atoms with Gasteiger partial charge in [-0.25, -0.2) is 0 Å². The Kier molecular flexibility index (Phi) is 10.7. The summed E-state index contributed by atoms with van der Waals surface area (Å²) in [5.41, 5.74) is 0.978. The van der Waals surface area contributed by atoms with Crippen molar-refractivity contribution in [3.8, 4) is 11.5 Å². The summed E-state index contributed by atoms with van der Waals surface area (Å²) in [5.74, 6) is -0.0587. The van der Waals surface area contributed by atoms with Gasteiger partial charge < -0.3 is 20.8 Å². The number of hydrogen-bond donors (Lipinski definition) is 4. The lowest BCUT2D eigenvalue weighted by Gasteiger charge is -2.05. The molecule has 0 heterocycles. The summed E-state index contributed by atoms with van der Waals surface area (Å²) < 4.78 is 0. The minimum atomic E-state index is -0.0293. The first kappa shape index (κ1) is 24.7. The molecular weight excluding hydrogens is 470 g/mol. The van der Waals surface area contributed by atoms with Crippen LogP contribution in [0.25, 0.3) is 0 Å². The third-order valence-electron chi connectivity index (χ3n) is 3.89. The van der Waals surface area contributed by atoms with Crippen molar-refractivity contribution in [2.45, 2.75) is 0 Å². The van der Waals surface area contributed by atoms with Crippen LogP contribution in [-0.2, 0) is 0 Å². The molecule has 0 aliphatic rings. The molecule has 0 saturated carbocycles. The summed E-state index contributed by atoms with van der Waals surface area (Å²) in [4.78, 5) is 8.50. The number of nitrogens with zero attached hydrogens (tertiary/aromatic N) is 2. The van der Waals surface area contributed by atoms with E-state index in [9.17, 15) is 10.2 Å². The number of hydrogen-bond acceptors (Lipinski definition) is 6. The summed E-state index contributed by atoms with van der Waals surface area (Å²) in [6.07, 6.45) is 3.10. The van der Waals surface area contributed by atoms with Crippen LogP contribution in [0.5, 0.6) is 11.5 Å². The standard InChI is InChI=1S/C20H22Cl4N4O2/c21-15-7-13(19(29)17(23)9-15)11-27-5-3-25-1-2-26-4-6-28-12-14-8-16(22)10-18(24)20(14)30/h7-12,25-26,29-30H,1-6H2. The van der Waals surface area contributed by atoms with Crippen LogP contribution in [0, 0.1) is 0 Å². The normalized spacial score (nSPS) is 11.7. The highest BCUT2D eigenvalue weighted by molar-refractivity contribution is 6.36. The van der Waals surface area contributed by atoms with Gasteiger partial charge in [-0.15, -0.1) is 0 Å². The van der Waals surface area contributed by atoms with Crippen molar-refractivity contribution >= 4 is 58.8 Å². The Balaban J connectivity index is 1.56. The van der Waals surface area contributed by atoms with E-state index < -0.39 is 0 Å². The molecule has 30 heavy (non-hydrogen) atoms. The van der Waals surface area contributed by atoms with Gasteiger partial charge in [0.2, 0.25) is 0 Å². The molecule has 2 rings (SSSR count). The Morgan fingerprint density at radius 3 is 1.47 bits per heavy atom. The summed E-state index contributed by atoms with van der Waals surface area (Å²) in [7, 11) is 0. The van der Waals surface area contributed by atoms with E-state index in [0.29, 0.717) is 47.4 Å². The number of phenols is 2. The van der Waals surface area contributed by atoms with Gasteiger partial charge in [0, 0.05) is 59.8 Å². The fourth-order valence-electron chi connectivity index (χ4n) is 2.41. The molecule has 0 unspecified atom stereocenters. The van der Waals surface area contributed by atoms with Gasteiger partial charge in [-0.2, -0.15) is 0 Å². The van der Waals surface area contributed by atoms with Gasteiger partial charge >= 0.3 is 0 Å². The van der Waals surface area contributed by atoms with Crippen LogP contribution in [-0.4, -0.2) is 61.9 Å². The summed E-state index contributed by atoms with van der Waals surface area (Å²) in [6.45, 7) is 4.05. The Labute approximate surface area is 195 Å². The molecule has 10 heteroatoms. The molecule has 0 aliphatic carbocycles. The molecule has 0 aromatic heterocycles. The maximum atomic E-state index is 9.85. The number of rotatable bonds is 11. The van der Waals surface area contributed by atoms with Gasteiger partial charge in [0.1, 0.15) is 11.5 Å². The zero-order chi connectivity index (χ0) is 21.9. The number of aliphatic imine (C=N–C) groups is 2. The number of nitrogens with one attached hydrogen (secondary N) is 2. The molecule has 0 spiro atoms. The Bertz CT molecular complexity index is 833. The number of phenolic OH excluding ortho intramolecular Hbond substituents is 2.